The minimum atomic E-state index is 1.05. The second-order valence-electron chi connectivity index (χ2n) is 4.94. The fraction of sp³-hybridized carbons (Fsp3) is 1.00. The molecular formula is C12H22BrN. The van der Waals surface area contributed by atoms with Crippen molar-refractivity contribution in [2.24, 2.45) is 11.8 Å². The molecule has 2 atom stereocenters. The summed E-state index contributed by atoms with van der Waals surface area (Å²) < 4.78 is 0. The first-order chi connectivity index (χ1) is 6.90. The molecule has 1 nitrogen and oxygen atoms in total. The minimum absolute atomic E-state index is 1.05. The summed E-state index contributed by atoms with van der Waals surface area (Å²) in [7, 11) is 0. The molecule has 1 heterocycles. The number of halogens is 1. The predicted molar refractivity (Wildman–Crippen MR) is 64.9 cm³/mol. The van der Waals surface area contributed by atoms with E-state index >= 15 is 0 Å². The first kappa shape index (κ1) is 10.9. The van der Waals surface area contributed by atoms with Gasteiger partial charge in [-0.3, -0.25) is 0 Å². The van der Waals surface area contributed by atoms with Crippen molar-refractivity contribution in [3.05, 3.63) is 0 Å². The summed E-state index contributed by atoms with van der Waals surface area (Å²) in [5, 5.41) is 1.16. The molecule has 0 spiro atoms. The summed E-state index contributed by atoms with van der Waals surface area (Å²) in [5.74, 6) is 2.14. The molecule has 1 aliphatic heterocycles. The lowest BCUT2D eigenvalue weighted by atomic mass is 9.75. The molecule has 2 rings (SSSR count). The highest BCUT2D eigenvalue weighted by Crippen LogP contribution is 2.35. The molecule has 2 fully saturated rings. The molecular weight excluding hydrogens is 238 g/mol. The van der Waals surface area contributed by atoms with Crippen LogP contribution in [0.5, 0.6) is 0 Å². The molecule has 0 aromatic carbocycles. The quantitative estimate of drug-likeness (QED) is 0.704. The summed E-state index contributed by atoms with van der Waals surface area (Å²) in [4.78, 5) is 2.69. The van der Waals surface area contributed by atoms with Crippen LogP contribution in [0.15, 0.2) is 0 Å². The van der Waals surface area contributed by atoms with Crippen LogP contribution in [0.2, 0.25) is 0 Å². The zero-order chi connectivity index (χ0) is 9.80. The van der Waals surface area contributed by atoms with Gasteiger partial charge in [0.15, 0.2) is 0 Å². The van der Waals surface area contributed by atoms with Gasteiger partial charge in [0.05, 0.1) is 0 Å². The molecule has 82 valence electrons. The van der Waals surface area contributed by atoms with E-state index in [1.54, 1.807) is 0 Å². The number of rotatable bonds is 3. The van der Waals surface area contributed by atoms with Crippen LogP contribution in [0.1, 0.15) is 38.5 Å². The molecule has 1 aliphatic carbocycles. The van der Waals surface area contributed by atoms with E-state index in [9.17, 15) is 0 Å². The van der Waals surface area contributed by atoms with Gasteiger partial charge in [0.1, 0.15) is 0 Å². The number of piperidine rings is 1. The summed E-state index contributed by atoms with van der Waals surface area (Å²) in [6.07, 6.45) is 8.83. The number of alkyl halides is 1. The van der Waals surface area contributed by atoms with Crippen LogP contribution >= 0.6 is 15.9 Å². The smallest absolute Gasteiger partial charge is 0.00434 e. The lowest BCUT2D eigenvalue weighted by Gasteiger charge is -2.41. The second kappa shape index (κ2) is 5.50. The average Bonchev–Trinajstić information content (AvgIpc) is 2.26. The van der Waals surface area contributed by atoms with Gasteiger partial charge in [-0.1, -0.05) is 35.2 Å². The van der Waals surface area contributed by atoms with Crippen molar-refractivity contribution in [1.82, 2.24) is 4.90 Å². The van der Waals surface area contributed by atoms with Gasteiger partial charge in [0.25, 0.3) is 0 Å². The largest absolute Gasteiger partial charge is 0.303 e. The summed E-state index contributed by atoms with van der Waals surface area (Å²) >= 11 is 3.52. The third kappa shape index (κ3) is 2.73. The van der Waals surface area contributed by atoms with E-state index in [0.29, 0.717) is 0 Å². The molecule has 1 saturated carbocycles. The Morgan fingerprint density at radius 1 is 1.07 bits per heavy atom. The topological polar surface area (TPSA) is 3.24 Å². The Balaban J connectivity index is 1.77. The summed E-state index contributed by atoms with van der Waals surface area (Å²) in [6.45, 7) is 4.08. The van der Waals surface area contributed by atoms with Gasteiger partial charge < -0.3 is 4.90 Å². The maximum Gasteiger partial charge on any atom is 0.00434 e. The van der Waals surface area contributed by atoms with Crippen LogP contribution in [0.4, 0.5) is 0 Å². The SMILES string of the molecule is BrCCCN1CCC2CCCCC2C1. The number of nitrogens with zero attached hydrogens (tertiary/aromatic N) is 1. The van der Waals surface area contributed by atoms with Crippen LogP contribution < -0.4 is 0 Å². The number of fused-ring (bicyclic) bond motifs is 1. The monoisotopic (exact) mass is 259 g/mol. The van der Waals surface area contributed by atoms with Gasteiger partial charge in [-0.2, -0.15) is 0 Å². The number of hydrogen-bond acceptors (Lipinski definition) is 1. The normalized spacial score (nSPS) is 34.1. The van der Waals surface area contributed by atoms with Crippen molar-refractivity contribution in [3.63, 3.8) is 0 Å². The van der Waals surface area contributed by atoms with E-state index < -0.39 is 0 Å². The third-order valence-electron chi connectivity index (χ3n) is 3.98. The molecule has 1 saturated heterocycles. The van der Waals surface area contributed by atoms with Crippen molar-refractivity contribution in [3.8, 4) is 0 Å². The summed E-state index contributed by atoms with van der Waals surface area (Å²) in [5.41, 5.74) is 0. The van der Waals surface area contributed by atoms with Gasteiger partial charge in [-0.25, -0.2) is 0 Å². The number of likely N-dealkylation sites (tertiary alicyclic amines) is 1. The van der Waals surface area contributed by atoms with Crippen LogP contribution in [0, 0.1) is 11.8 Å². The number of hydrogen-bond donors (Lipinski definition) is 0. The standard InChI is InChI=1S/C12H22BrN/c13-7-3-8-14-9-6-11-4-1-2-5-12(11)10-14/h11-12H,1-10H2. The van der Waals surface area contributed by atoms with Crippen LogP contribution in [-0.2, 0) is 0 Å². The molecule has 2 aliphatic rings. The van der Waals surface area contributed by atoms with E-state index in [0.717, 1.165) is 17.2 Å². The molecule has 0 amide bonds. The first-order valence-corrected chi connectivity index (χ1v) is 7.30. The Bertz CT molecular complexity index is 172. The van der Waals surface area contributed by atoms with Crippen molar-refractivity contribution in [2.75, 3.05) is 25.0 Å². The van der Waals surface area contributed by atoms with Crippen molar-refractivity contribution in [2.45, 2.75) is 38.5 Å². The summed E-state index contributed by atoms with van der Waals surface area (Å²) in [6, 6.07) is 0. The first-order valence-electron chi connectivity index (χ1n) is 6.18. The fourth-order valence-electron chi connectivity index (χ4n) is 3.16. The second-order valence-corrected chi connectivity index (χ2v) is 5.73. The fourth-order valence-corrected chi connectivity index (χ4v) is 3.41. The third-order valence-corrected chi connectivity index (χ3v) is 4.54. The van der Waals surface area contributed by atoms with Crippen LogP contribution in [0.25, 0.3) is 0 Å². The maximum atomic E-state index is 3.52. The maximum absolute atomic E-state index is 3.52. The molecule has 0 bridgehead atoms. The van der Waals surface area contributed by atoms with Gasteiger partial charge in [-0.05, 0) is 44.2 Å². The van der Waals surface area contributed by atoms with E-state index in [-0.39, 0.29) is 0 Å². The Hall–Kier alpha value is 0.440. The van der Waals surface area contributed by atoms with E-state index in [4.69, 9.17) is 0 Å². The van der Waals surface area contributed by atoms with E-state index in [1.165, 1.54) is 58.2 Å². The van der Waals surface area contributed by atoms with Crippen LogP contribution in [-0.4, -0.2) is 29.9 Å². The molecule has 2 heteroatoms. The Morgan fingerprint density at radius 2 is 1.86 bits per heavy atom. The zero-order valence-corrected chi connectivity index (χ0v) is 10.6. The van der Waals surface area contributed by atoms with Gasteiger partial charge in [-0.15, -0.1) is 0 Å². The molecule has 2 unspecified atom stereocenters. The van der Waals surface area contributed by atoms with Gasteiger partial charge in [0.2, 0.25) is 0 Å². The molecule has 0 radical (unpaired) electrons. The van der Waals surface area contributed by atoms with E-state index in [1.807, 2.05) is 0 Å². The minimum Gasteiger partial charge on any atom is -0.303 e. The lowest BCUT2D eigenvalue weighted by molar-refractivity contribution is 0.0873. The lowest BCUT2D eigenvalue weighted by Crippen LogP contribution is -2.42. The highest BCUT2D eigenvalue weighted by Gasteiger charge is 2.30. The average molecular weight is 260 g/mol. The van der Waals surface area contributed by atoms with E-state index in [2.05, 4.69) is 20.8 Å². The van der Waals surface area contributed by atoms with Gasteiger partial charge >= 0.3 is 0 Å². The Morgan fingerprint density at radius 3 is 2.64 bits per heavy atom. The molecule has 0 N–H and O–H groups in total. The van der Waals surface area contributed by atoms with Gasteiger partial charge in [0, 0.05) is 11.9 Å². The van der Waals surface area contributed by atoms with Crippen molar-refractivity contribution in [1.29, 1.82) is 0 Å². The molecule has 14 heavy (non-hydrogen) atoms. The molecule has 0 aromatic rings. The highest BCUT2D eigenvalue weighted by molar-refractivity contribution is 9.09. The highest BCUT2D eigenvalue weighted by atomic mass is 79.9. The Labute approximate surface area is 96.4 Å². The Kier molecular flexibility index (Phi) is 4.30. The molecule has 0 aromatic heterocycles. The van der Waals surface area contributed by atoms with Crippen molar-refractivity contribution < 1.29 is 0 Å². The van der Waals surface area contributed by atoms with Crippen LogP contribution in [0.3, 0.4) is 0 Å². The predicted octanol–water partition coefficient (Wildman–Crippen LogP) is 3.28. The van der Waals surface area contributed by atoms with Crippen molar-refractivity contribution >= 4 is 15.9 Å². The zero-order valence-electron chi connectivity index (χ0n) is 9.05.